The van der Waals surface area contributed by atoms with Gasteiger partial charge in [-0.15, -0.1) is 0 Å². The predicted octanol–water partition coefficient (Wildman–Crippen LogP) is 12.9. The molecule has 0 radical (unpaired) electrons. The molecule has 2 spiro atoms. The van der Waals surface area contributed by atoms with Gasteiger partial charge in [-0.25, -0.2) is 19.2 Å². The van der Waals surface area contributed by atoms with E-state index in [9.17, 15) is 69.6 Å². The van der Waals surface area contributed by atoms with E-state index in [-0.39, 0.29) is 195 Å². The number of nitrogens with two attached hydrogens (primary N) is 2. The van der Waals surface area contributed by atoms with Gasteiger partial charge >= 0.3 is 142 Å². The number of aromatic carboxylic acids is 2. The molecule has 13 aromatic carbocycles. The van der Waals surface area contributed by atoms with Crippen LogP contribution >= 0.6 is 154 Å². The number of aryl methyl sites for hydroxylation is 1. The Balaban J connectivity index is 0.000000135. The summed E-state index contributed by atoms with van der Waals surface area (Å²) in [7, 11) is 0. The molecule has 654 valence electrons. The van der Waals surface area contributed by atoms with Crippen LogP contribution in [-0.4, -0.2) is 64.7 Å². The first-order valence-corrected chi connectivity index (χ1v) is 47.2. The first kappa shape index (κ1) is 103. The van der Waals surface area contributed by atoms with Crippen molar-refractivity contribution >= 4 is 233 Å². The van der Waals surface area contributed by atoms with Crippen molar-refractivity contribution in [2.45, 2.75) is 24.7 Å². The third-order valence-corrected chi connectivity index (χ3v) is 29.1. The van der Waals surface area contributed by atoms with E-state index in [4.69, 9.17) is 39.2 Å². The molecular weight excluding hydrogens is 2490 g/mol. The maximum Gasteiger partial charge on any atom is 1.00 e. The first-order chi connectivity index (χ1) is 63.3. The number of phenolic OH excluding ortho intramolecular Hbond substituents is 6. The molecule has 136 heavy (non-hydrogen) atoms. The van der Waals surface area contributed by atoms with Crippen LogP contribution in [-0.2, 0) is 27.2 Å². The van der Waals surface area contributed by atoms with E-state index in [0.717, 1.165) is 23.4 Å². The normalized spacial score (nSPS) is 12.6. The second-order valence-corrected chi connectivity index (χ2v) is 38.2. The van der Waals surface area contributed by atoms with Crippen molar-refractivity contribution < 1.29 is 211 Å². The molecule has 35 heteroatoms. The molecule has 12 N–H and O–H groups in total. The van der Waals surface area contributed by atoms with Crippen molar-refractivity contribution in [3.8, 4) is 114 Å². The number of carbonyl (C=O) groups is 4. The Kier molecular flexibility index (Phi) is 31.8. The number of halogens is 8. The van der Waals surface area contributed by atoms with E-state index < -0.39 is 35.1 Å². The number of rotatable bonds is 6. The number of fused-ring (bicyclic) bond motifs is 19. The van der Waals surface area contributed by atoms with Gasteiger partial charge in [-0.3, -0.25) is 9.59 Å². The van der Waals surface area contributed by atoms with E-state index in [0.29, 0.717) is 146 Å². The summed E-state index contributed by atoms with van der Waals surface area (Å²) in [5.41, 5.74) is 23.6. The van der Waals surface area contributed by atoms with Crippen molar-refractivity contribution in [2.75, 3.05) is 11.5 Å². The van der Waals surface area contributed by atoms with Gasteiger partial charge in [0, 0.05) is 119 Å². The number of pyridine rings is 1. The monoisotopic (exact) mass is 2550 g/mol. The molecular formula is C101H60Br4I4N3Na4O20+5. The van der Waals surface area contributed by atoms with Crippen LogP contribution in [0.25, 0.3) is 99.8 Å². The van der Waals surface area contributed by atoms with E-state index in [1.165, 1.54) is 82.0 Å². The zero-order valence-corrected chi connectivity index (χ0v) is 94.6. The van der Waals surface area contributed by atoms with Gasteiger partial charge in [0.1, 0.15) is 76.6 Å². The topological polar surface area (TPSA) is 383 Å². The fourth-order valence-electron chi connectivity index (χ4n) is 17.1. The Hall–Kier alpha value is -8.37. The van der Waals surface area contributed by atoms with Gasteiger partial charge in [-0.05, 0) is 306 Å². The van der Waals surface area contributed by atoms with E-state index in [2.05, 4.69) is 124 Å². The molecule has 0 atom stereocenters. The van der Waals surface area contributed by atoms with Crippen molar-refractivity contribution in [1.29, 1.82) is 0 Å². The Labute approximate surface area is 948 Å². The average molecular weight is 2550 g/mol. The summed E-state index contributed by atoms with van der Waals surface area (Å²) >= 11 is 21.2. The van der Waals surface area contributed by atoms with Crippen molar-refractivity contribution in [1.82, 2.24) is 0 Å². The van der Waals surface area contributed by atoms with E-state index >= 15 is 0 Å². The number of hydrogen-bond acceptors (Lipinski definition) is 20. The number of esters is 2. The molecule has 2 aliphatic carbocycles. The summed E-state index contributed by atoms with van der Waals surface area (Å²) in [4.78, 5) is 73.8. The standard InChI is InChI=1S/C21H19N3.C20H8Br4O5.C20H8I4O5.2C20H12O5.4Na/c1-2-24-20-13-16(23)9-11-18(20)17-10-8-15(22)12-19(17)21(24)14-6-4-3-5-7-14;2*21-11-5-9-13(7-3-1-2-4-8(7)20(27)28)10-6-12(22)17(26)15(24)19(10)29-18(9)14(23)16(11)25;2*21-11-5-7-15-17(9-11)24-18-10-12(22)6-8-16(18)20(15)14-4-2-1-3-13(14)19(23)25-20;;;;/h3-13,23H,2,22H2,1H3;2*1-6,25H,(H,27,28);2*1-10,21-22H;;;;/q;;;;;4*+1/p+1. The number of ether oxygens (including phenoxy) is 4. The van der Waals surface area contributed by atoms with Gasteiger partial charge in [-0.2, -0.15) is 4.57 Å². The molecule has 0 fully saturated rings. The number of carboxylic acid groups (broad SMARTS) is 2. The average Bonchev–Trinajstić information content (AvgIpc) is 1.54. The maximum atomic E-state index is 12.5. The maximum absolute atomic E-state index is 12.5. The van der Waals surface area contributed by atoms with Crippen molar-refractivity contribution in [2.24, 2.45) is 0 Å². The molecule has 0 unspecified atom stereocenters. The molecule has 7 heterocycles. The molecule has 23 nitrogen and oxygen atoms in total. The second-order valence-electron chi connectivity index (χ2n) is 30.4. The molecule has 1 aromatic heterocycles. The van der Waals surface area contributed by atoms with Crippen LogP contribution in [0.5, 0.6) is 57.5 Å². The molecule has 0 amide bonds. The smallest absolute Gasteiger partial charge is 0.508 e. The minimum absolute atomic E-state index is 0. The molecule has 0 saturated carbocycles. The predicted molar refractivity (Wildman–Crippen MR) is 546 cm³/mol. The third kappa shape index (κ3) is 18.4. The van der Waals surface area contributed by atoms with Crippen LogP contribution in [0.4, 0.5) is 11.4 Å². The Morgan fingerprint density at radius 2 is 0.809 bits per heavy atom. The number of nitrogen functional groups attached to an aromatic ring is 2. The van der Waals surface area contributed by atoms with Gasteiger partial charge in [-0.1, -0.05) is 97.1 Å². The van der Waals surface area contributed by atoms with Crippen LogP contribution in [0.15, 0.2) is 297 Å². The van der Waals surface area contributed by atoms with Crippen LogP contribution in [0.1, 0.15) is 81.7 Å². The molecule has 0 bridgehead atoms. The summed E-state index contributed by atoms with van der Waals surface area (Å²) in [6.07, 6.45) is 0. The zero-order valence-electron chi connectivity index (χ0n) is 71.6. The van der Waals surface area contributed by atoms with Gasteiger partial charge in [0.05, 0.1) is 52.7 Å². The number of nitrogens with zero attached hydrogens (tertiary/aromatic N) is 1. The Morgan fingerprint density at radius 1 is 0.382 bits per heavy atom. The largest absolute Gasteiger partial charge is 1.00 e. The number of hydrogen-bond donors (Lipinski definition) is 10. The Bertz CT molecular complexity index is 7620. The number of aromatic hydroxyl groups is 6. The Morgan fingerprint density at radius 3 is 1.29 bits per heavy atom. The number of benzene rings is 15. The number of anilines is 2. The zero-order chi connectivity index (χ0) is 93.1. The summed E-state index contributed by atoms with van der Waals surface area (Å²) in [6, 6.07) is 76.0. The van der Waals surface area contributed by atoms with Crippen molar-refractivity contribution in [3.63, 3.8) is 0 Å². The molecule has 0 saturated heterocycles. The minimum atomic E-state index is -1.17. The first-order valence-electron chi connectivity index (χ1n) is 39.7. The van der Waals surface area contributed by atoms with Crippen molar-refractivity contribution in [3.05, 3.63) is 369 Å². The third-order valence-electron chi connectivity index (χ3n) is 22.8. The van der Waals surface area contributed by atoms with Gasteiger partial charge in [0.15, 0.2) is 33.9 Å². The van der Waals surface area contributed by atoms with Gasteiger partial charge in [0.25, 0.3) is 0 Å². The minimum Gasteiger partial charge on any atom is -0.508 e. The van der Waals surface area contributed by atoms with Crippen LogP contribution in [0, 0.1) is 14.3 Å². The van der Waals surface area contributed by atoms with Crippen LogP contribution < -0.4 is 155 Å². The fourth-order valence-corrected chi connectivity index (χ4v) is 23.1. The second kappa shape index (κ2) is 41.8. The molecule has 14 aromatic rings. The number of phenols is 6. The number of carbonyl (C=O) groups excluding carboxylic acids is 2. The summed E-state index contributed by atoms with van der Waals surface area (Å²) in [5.74, 6) is -0.692. The molecule has 8 aliphatic rings. The summed E-state index contributed by atoms with van der Waals surface area (Å²) in [6.45, 7) is 3.02. The van der Waals surface area contributed by atoms with E-state index in [1.807, 2.05) is 133 Å². The quantitative estimate of drug-likeness (QED) is 0.0141. The molecule has 6 aliphatic heterocycles. The van der Waals surface area contributed by atoms with Crippen LogP contribution in [0.3, 0.4) is 0 Å². The SMILES string of the molecule is CC[n+]1c(-c2ccccc2)c2cc(N)ccc2c2ccc(N)cc21.O=C(O)c1ccccc1-c1c2cc(Br)c(=O)c(Br)c-2oc2c(Br)c(O)c(Br)cc12.O=C(O)c1ccccc1-c1c2cc(I)c(=O)c(I)c-2oc2c(I)c(O)c(I)cc12.O=C1OC2(c3ccc(O)cc3Oc3cc(O)ccc32)c2ccccc21.O=C1OC2(c3ccc(O)cc3Oc3cc(O)ccc32)c2ccccc21.[Na+].[Na+].[Na+].[Na+]. The summed E-state index contributed by atoms with van der Waals surface area (Å²) < 4.78 is 41.2. The van der Waals surface area contributed by atoms with Gasteiger partial charge in [0.2, 0.25) is 22.1 Å². The van der Waals surface area contributed by atoms with E-state index in [1.54, 1.807) is 115 Å². The molecule has 22 rings (SSSR count). The number of carboxylic acids is 2. The number of aromatic nitrogens is 1. The fraction of sp³-hybridized carbons (Fsp3) is 0.0396. The van der Waals surface area contributed by atoms with Gasteiger partial charge < -0.3 is 80.1 Å². The van der Waals surface area contributed by atoms with Crippen LogP contribution in [0.2, 0.25) is 0 Å². The summed E-state index contributed by atoms with van der Waals surface area (Å²) in [5, 5.41) is 84.3.